The Kier molecular flexibility index (Phi) is 7.51. The molecule has 0 amide bonds. The summed E-state index contributed by atoms with van der Waals surface area (Å²) >= 11 is 0. The Labute approximate surface area is 187 Å². The molecule has 7 nitrogen and oxygen atoms in total. The van der Waals surface area contributed by atoms with E-state index in [1.165, 1.54) is 26.4 Å². The lowest BCUT2D eigenvalue weighted by molar-refractivity contribution is 0.0275. The number of hydrogen-bond acceptors (Lipinski definition) is 7. The predicted octanol–water partition coefficient (Wildman–Crippen LogP) is 3.27. The van der Waals surface area contributed by atoms with E-state index >= 15 is 0 Å². The highest BCUT2D eigenvalue weighted by molar-refractivity contribution is 5.92. The SMILES string of the molecule is COC(=O)c1ccc(OC)cc1OCN1C[C@H](C)N(Cc2ccc(F)cc2)C(=C=O)[C@H]1C. The summed E-state index contributed by atoms with van der Waals surface area (Å²) < 4.78 is 29.3. The third kappa shape index (κ3) is 5.10. The number of ether oxygens (including phenoxy) is 3. The van der Waals surface area contributed by atoms with Crippen molar-refractivity contribution >= 4 is 11.9 Å². The fraction of sp³-hybridized carbons (Fsp3) is 0.375. The van der Waals surface area contributed by atoms with E-state index < -0.39 is 5.97 Å². The van der Waals surface area contributed by atoms with Gasteiger partial charge in [0.1, 0.15) is 41.2 Å². The van der Waals surface area contributed by atoms with Crippen molar-refractivity contribution in [2.75, 3.05) is 27.5 Å². The van der Waals surface area contributed by atoms with Gasteiger partial charge in [0.2, 0.25) is 0 Å². The molecule has 1 aliphatic heterocycles. The predicted molar refractivity (Wildman–Crippen MR) is 117 cm³/mol. The van der Waals surface area contributed by atoms with Crippen LogP contribution in [0.3, 0.4) is 0 Å². The second-order valence-corrected chi connectivity index (χ2v) is 7.67. The molecule has 32 heavy (non-hydrogen) atoms. The first-order valence-corrected chi connectivity index (χ1v) is 10.3. The molecule has 3 rings (SSSR count). The fourth-order valence-corrected chi connectivity index (χ4v) is 3.76. The number of esters is 1. The molecule has 0 bridgehead atoms. The Balaban J connectivity index is 1.75. The second kappa shape index (κ2) is 10.3. The molecule has 0 aromatic heterocycles. The summed E-state index contributed by atoms with van der Waals surface area (Å²) in [6.07, 6.45) is 0. The minimum absolute atomic E-state index is 0.0123. The van der Waals surface area contributed by atoms with Crippen molar-refractivity contribution in [2.24, 2.45) is 0 Å². The topological polar surface area (TPSA) is 68.3 Å². The lowest BCUT2D eigenvalue weighted by atomic mass is 10.0. The van der Waals surface area contributed by atoms with E-state index in [0.717, 1.165) is 5.56 Å². The number of rotatable bonds is 7. The number of hydrogen-bond donors (Lipinski definition) is 0. The summed E-state index contributed by atoms with van der Waals surface area (Å²) in [5.41, 5.74) is 1.69. The number of halogens is 1. The molecule has 1 fully saturated rings. The van der Waals surface area contributed by atoms with E-state index in [9.17, 15) is 14.0 Å². The number of benzene rings is 2. The zero-order chi connectivity index (χ0) is 23.3. The zero-order valence-electron chi connectivity index (χ0n) is 18.6. The number of piperazine rings is 1. The summed E-state index contributed by atoms with van der Waals surface area (Å²) in [4.78, 5) is 27.9. The van der Waals surface area contributed by atoms with E-state index in [0.29, 0.717) is 30.3 Å². The van der Waals surface area contributed by atoms with E-state index in [1.807, 2.05) is 23.6 Å². The summed E-state index contributed by atoms with van der Waals surface area (Å²) in [5.74, 6) is 2.15. The van der Waals surface area contributed by atoms with Crippen LogP contribution in [0.2, 0.25) is 0 Å². The highest BCUT2D eigenvalue weighted by Gasteiger charge is 2.34. The van der Waals surface area contributed by atoms with Gasteiger partial charge in [0.15, 0.2) is 0 Å². The van der Waals surface area contributed by atoms with Crippen molar-refractivity contribution < 1.29 is 28.2 Å². The average Bonchev–Trinajstić information content (AvgIpc) is 2.81. The van der Waals surface area contributed by atoms with E-state index in [2.05, 4.69) is 5.94 Å². The molecule has 2 atom stereocenters. The summed E-state index contributed by atoms with van der Waals surface area (Å²) in [7, 11) is 2.84. The Morgan fingerprint density at radius 3 is 2.50 bits per heavy atom. The molecule has 1 heterocycles. The smallest absolute Gasteiger partial charge is 0.341 e. The first-order chi connectivity index (χ1) is 15.4. The van der Waals surface area contributed by atoms with Crippen molar-refractivity contribution in [2.45, 2.75) is 32.5 Å². The van der Waals surface area contributed by atoms with Gasteiger partial charge in [-0.1, -0.05) is 12.1 Å². The van der Waals surface area contributed by atoms with Crippen LogP contribution in [0.4, 0.5) is 4.39 Å². The standard InChI is InChI=1S/C24H27FN2O5/c1-16-12-26(15-32-23-11-20(30-3)9-10-21(23)24(29)31-4)17(2)22(14-28)27(16)13-18-5-7-19(25)8-6-18/h5-11,16-17H,12-13,15H2,1-4H3/t16-,17+/m0/s1. The van der Waals surface area contributed by atoms with Gasteiger partial charge in [0.05, 0.1) is 20.3 Å². The molecule has 1 saturated heterocycles. The summed E-state index contributed by atoms with van der Waals surface area (Å²) in [6, 6.07) is 10.8. The maximum atomic E-state index is 13.2. The van der Waals surface area contributed by atoms with Crippen molar-refractivity contribution in [3.05, 3.63) is 65.1 Å². The molecule has 170 valence electrons. The van der Waals surface area contributed by atoms with Crippen LogP contribution in [-0.4, -0.2) is 61.3 Å². The number of methoxy groups -OCH3 is 2. The van der Waals surface area contributed by atoms with Gasteiger partial charge in [-0.2, -0.15) is 0 Å². The average molecular weight is 442 g/mol. The minimum atomic E-state index is -0.512. The number of carbonyl (C=O) groups excluding carboxylic acids is 2. The molecule has 0 N–H and O–H groups in total. The van der Waals surface area contributed by atoms with Crippen molar-refractivity contribution in [1.29, 1.82) is 0 Å². The normalized spacial score (nSPS) is 18.8. The van der Waals surface area contributed by atoms with Crippen molar-refractivity contribution in [1.82, 2.24) is 9.80 Å². The molecule has 2 aromatic rings. The van der Waals surface area contributed by atoms with Gasteiger partial charge in [0, 0.05) is 25.2 Å². The lowest BCUT2D eigenvalue weighted by Gasteiger charge is -2.45. The Bertz CT molecular complexity index is 1000. The molecule has 0 aliphatic carbocycles. The second-order valence-electron chi connectivity index (χ2n) is 7.67. The van der Waals surface area contributed by atoms with E-state index in [1.54, 1.807) is 30.3 Å². The van der Waals surface area contributed by atoms with Crippen LogP contribution < -0.4 is 9.47 Å². The van der Waals surface area contributed by atoms with Crippen LogP contribution in [0.1, 0.15) is 29.8 Å². The van der Waals surface area contributed by atoms with Crippen LogP contribution in [-0.2, 0) is 16.1 Å². The van der Waals surface area contributed by atoms with Crippen LogP contribution in [0.25, 0.3) is 0 Å². The molecule has 0 radical (unpaired) electrons. The fourth-order valence-electron chi connectivity index (χ4n) is 3.76. The zero-order valence-corrected chi connectivity index (χ0v) is 18.6. The van der Waals surface area contributed by atoms with Gasteiger partial charge in [0.25, 0.3) is 0 Å². The summed E-state index contributed by atoms with van der Waals surface area (Å²) in [5, 5.41) is 0. The molecule has 8 heteroatoms. The molecule has 0 unspecified atom stereocenters. The van der Waals surface area contributed by atoms with Gasteiger partial charge in [-0.3, -0.25) is 4.90 Å². The summed E-state index contributed by atoms with van der Waals surface area (Å²) in [6.45, 7) is 5.15. The Morgan fingerprint density at radius 2 is 1.88 bits per heavy atom. The molecular weight excluding hydrogens is 415 g/mol. The maximum absolute atomic E-state index is 13.2. The van der Waals surface area contributed by atoms with Crippen molar-refractivity contribution in [3.8, 4) is 11.5 Å². The molecule has 2 aromatic carbocycles. The van der Waals surface area contributed by atoms with Gasteiger partial charge in [-0.15, -0.1) is 0 Å². The third-order valence-electron chi connectivity index (χ3n) is 5.63. The Hall–Kier alpha value is -3.35. The monoisotopic (exact) mass is 442 g/mol. The first-order valence-electron chi connectivity index (χ1n) is 10.3. The quantitative estimate of drug-likeness (QED) is 0.482. The van der Waals surface area contributed by atoms with Crippen molar-refractivity contribution in [3.63, 3.8) is 0 Å². The molecular formula is C24H27FN2O5. The lowest BCUT2D eigenvalue weighted by Crippen LogP contribution is -2.55. The van der Waals surface area contributed by atoms with Crippen LogP contribution in [0.15, 0.2) is 48.2 Å². The number of nitrogens with zero attached hydrogens (tertiary/aromatic N) is 2. The third-order valence-corrected chi connectivity index (χ3v) is 5.63. The molecule has 0 saturated carbocycles. The molecule has 1 aliphatic rings. The van der Waals surface area contributed by atoms with Crippen LogP contribution >= 0.6 is 0 Å². The largest absolute Gasteiger partial charge is 0.497 e. The van der Waals surface area contributed by atoms with E-state index in [-0.39, 0.29) is 30.2 Å². The first kappa shape index (κ1) is 23.3. The van der Waals surface area contributed by atoms with Crippen LogP contribution in [0.5, 0.6) is 11.5 Å². The van der Waals surface area contributed by atoms with Gasteiger partial charge in [-0.25, -0.2) is 14.0 Å². The van der Waals surface area contributed by atoms with Gasteiger partial charge in [-0.05, 0) is 43.7 Å². The highest BCUT2D eigenvalue weighted by atomic mass is 19.1. The minimum Gasteiger partial charge on any atom is -0.497 e. The van der Waals surface area contributed by atoms with Crippen LogP contribution in [0, 0.1) is 5.82 Å². The number of carbonyl (C=O) groups is 1. The Morgan fingerprint density at radius 1 is 1.16 bits per heavy atom. The van der Waals surface area contributed by atoms with Gasteiger partial charge >= 0.3 is 5.97 Å². The van der Waals surface area contributed by atoms with E-state index in [4.69, 9.17) is 14.2 Å². The molecule has 0 spiro atoms. The highest BCUT2D eigenvalue weighted by Crippen LogP contribution is 2.28. The van der Waals surface area contributed by atoms with Gasteiger partial charge < -0.3 is 19.1 Å². The maximum Gasteiger partial charge on any atom is 0.341 e.